The Kier molecular flexibility index (Phi) is 5.09. The molecule has 23 heavy (non-hydrogen) atoms. The van der Waals surface area contributed by atoms with Crippen LogP contribution in [0.15, 0.2) is 12.3 Å². The van der Waals surface area contributed by atoms with Gasteiger partial charge in [-0.2, -0.15) is 5.10 Å². The second-order valence-corrected chi connectivity index (χ2v) is 6.35. The maximum atomic E-state index is 12.3. The van der Waals surface area contributed by atoms with Crippen LogP contribution in [0.1, 0.15) is 19.3 Å². The minimum atomic E-state index is -2.46. The summed E-state index contributed by atoms with van der Waals surface area (Å²) in [7, 11) is 0. The van der Waals surface area contributed by atoms with Crippen molar-refractivity contribution >= 4 is 11.8 Å². The van der Waals surface area contributed by atoms with Crippen LogP contribution in [-0.4, -0.2) is 64.8 Å². The van der Waals surface area contributed by atoms with E-state index in [0.29, 0.717) is 11.7 Å². The summed E-state index contributed by atoms with van der Waals surface area (Å²) in [6.07, 6.45) is 2.56. The molecule has 1 aromatic heterocycles. The Morgan fingerprint density at radius 3 is 2.87 bits per heavy atom. The predicted octanol–water partition coefficient (Wildman–Crippen LogP) is 2.10. The maximum Gasteiger partial charge on any atom is 0.323 e. The number of nitrogens with zero attached hydrogens (tertiary/aromatic N) is 4. The Morgan fingerprint density at radius 2 is 2.13 bits per heavy atom. The van der Waals surface area contributed by atoms with Crippen LogP contribution < -0.4 is 5.32 Å². The molecule has 2 aliphatic heterocycles. The van der Waals surface area contributed by atoms with Crippen LogP contribution in [-0.2, 0) is 6.54 Å². The van der Waals surface area contributed by atoms with Gasteiger partial charge in [-0.25, -0.2) is 13.6 Å². The molecule has 2 amide bonds. The highest BCUT2D eigenvalue weighted by molar-refractivity contribution is 5.88. The first-order valence-electron chi connectivity index (χ1n) is 8.20. The zero-order chi connectivity index (χ0) is 16.2. The Hall–Kier alpha value is -1.70. The zero-order valence-corrected chi connectivity index (χ0v) is 13.1. The summed E-state index contributed by atoms with van der Waals surface area (Å²) in [5, 5.41) is 6.62. The second-order valence-electron chi connectivity index (χ2n) is 6.35. The number of urea groups is 1. The first-order valence-corrected chi connectivity index (χ1v) is 8.20. The van der Waals surface area contributed by atoms with Gasteiger partial charge in [-0.15, -0.1) is 0 Å². The lowest BCUT2D eigenvalue weighted by molar-refractivity contribution is 0.122. The van der Waals surface area contributed by atoms with Gasteiger partial charge in [0.1, 0.15) is 6.54 Å². The average Bonchev–Trinajstić information content (AvgIpc) is 3.21. The summed E-state index contributed by atoms with van der Waals surface area (Å²) in [4.78, 5) is 16.5. The lowest BCUT2D eigenvalue weighted by Gasteiger charge is -2.20. The fraction of sp³-hybridized carbons (Fsp3) is 0.733. The highest BCUT2D eigenvalue weighted by atomic mass is 19.3. The summed E-state index contributed by atoms with van der Waals surface area (Å²) < 4.78 is 25.7. The molecule has 1 N–H and O–H groups in total. The molecule has 0 saturated carbocycles. The Balaban J connectivity index is 1.46. The number of likely N-dealkylation sites (tertiary alicyclic amines) is 2. The lowest BCUT2D eigenvalue weighted by Crippen LogP contribution is -2.35. The summed E-state index contributed by atoms with van der Waals surface area (Å²) in [5.41, 5.74) is 0. The molecule has 8 heteroatoms. The third-order valence-corrected chi connectivity index (χ3v) is 4.49. The van der Waals surface area contributed by atoms with Gasteiger partial charge < -0.3 is 9.80 Å². The van der Waals surface area contributed by atoms with Crippen molar-refractivity contribution in [1.82, 2.24) is 19.6 Å². The molecule has 1 aromatic rings. The third-order valence-electron chi connectivity index (χ3n) is 4.49. The number of anilines is 1. The van der Waals surface area contributed by atoms with E-state index in [1.807, 2.05) is 0 Å². The first kappa shape index (κ1) is 16.2. The van der Waals surface area contributed by atoms with E-state index in [-0.39, 0.29) is 6.03 Å². The first-order chi connectivity index (χ1) is 11.1. The van der Waals surface area contributed by atoms with Crippen molar-refractivity contribution < 1.29 is 13.6 Å². The van der Waals surface area contributed by atoms with Gasteiger partial charge in [-0.05, 0) is 38.3 Å². The number of nitrogens with one attached hydrogen (secondary N) is 1. The van der Waals surface area contributed by atoms with Crippen LogP contribution >= 0.6 is 0 Å². The van der Waals surface area contributed by atoms with Crippen molar-refractivity contribution in [2.24, 2.45) is 5.92 Å². The minimum absolute atomic E-state index is 0.198. The quantitative estimate of drug-likeness (QED) is 0.901. The molecule has 6 nitrogen and oxygen atoms in total. The number of aromatic nitrogens is 2. The number of hydrogen-bond acceptors (Lipinski definition) is 3. The Labute approximate surface area is 134 Å². The molecular formula is C15H23F2N5O. The molecule has 1 atom stereocenters. The lowest BCUT2D eigenvalue weighted by atomic mass is 10.1. The van der Waals surface area contributed by atoms with Crippen molar-refractivity contribution in [3.63, 3.8) is 0 Å². The predicted molar refractivity (Wildman–Crippen MR) is 82.6 cm³/mol. The van der Waals surface area contributed by atoms with Gasteiger partial charge in [0, 0.05) is 31.9 Å². The van der Waals surface area contributed by atoms with Gasteiger partial charge in [-0.1, -0.05) is 0 Å². The summed E-state index contributed by atoms with van der Waals surface area (Å²) in [6.45, 7) is 4.43. The van der Waals surface area contributed by atoms with E-state index < -0.39 is 13.0 Å². The monoisotopic (exact) mass is 327 g/mol. The van der Waals surface area contributed by atoms with Crippen LogP contribution in [0.4, 0.5) is 19.4 Å². The van der Waals surface area contributed by atoms with E-state index in [1.54, 1.807) is 4.90 Å². The number of halogens is 2. The molecule has 0 radical (unpaired) electrons. The topological polar surface area (TPSA) is 53.4 Å². The molecule has 0 aromatic carbocycles. The van der Waals surface area contributed by atoms with Gasteiger partial charge >= 0.3 is 6.03 Å². The number of hydrogen-bond donors (Lipinski definition) is 1. The number of carbonyl (C=O) groups is 1. The molecule has 2 fully saturated rings. The van der Waals surface area contributed by atoms with E-state index in [4.69, 9.17) is 0 Å². The third kappa shape index (κ3) is 4.40. The molecular weight excluding hydrogens is 304 g/mol. The highest BCUT2D eigenvalue weighted by Crippen LogP contribution is 2.20. The SMILES string of the molecule is O=C(Nc1ccn(CC(F)F)n1)N1CC[C@H](CN2CCCC2)C1. The summed E-state index contributed by atoms with van der Waals surface area (Å²) in [5.74, 6) is 0.842. The van der Waals surface area contributed by atoms with E-state index in [9.17, 15) is 13.6 Å². The van der Waals surface area contributed by atoms with Crippen molar-refractivity contribution in [2.45, 2.75) is 32.2 Å². The number of amides is 2. The van der Waals surface area contributed by atoms with Gasteiger partial charge in [0.2, 0.25) is 0 Å². The summed E-state index contributed by atoms with van der Waals surface area (Å²) in [6, 6.07) is 1.34. The van der Waals surface area contributed by atoms with Gasteiger partial charge in [0.05, 0.1) is 0 Å². The molecule has 128 valence electrons. The van der Waals surface area contributed by atoms with Gasteiger partial charge in [0.25, 0.3) is 6.43 Å². The van der Waals surface area contributed by atoms with Gasteiger partial charge in [0.15, 0.2) is 5.82 Å². The average molecular weight is 327 g/mol. The molecule has 0 bridgehead atoms. The summed E-state index contributed by atoms with van der Waals surface area (Å²) >= 11 is 0. The molecule has 3 rings (SSSR count). The molecule has 0 unspecified atom stereocenters. The molecule has 0 spiro atoms. The Morgan fingerprint density at radius 1 is 1.35 bits per heavy atom. The van der Waals surface area contributed by atoms with Crippen molar-refractivity contribution in [3.8, 4) is 0 Å². The zero-order valence-electron chi connectivity index (χ0n) is 13.1. The van der Waals surface area contributed by atoms with Crippen LogP contribution in [0.2, 0.25) is 0 Å². The molecule has 2 aliphatic rings. The number of rotatable bonds is 5. The molecule has 2 saturated heterocycles. The van der Waals surface area contributed by atoms with E-state index in [1.165, 1.54) is 38.2 Å². The van der Waals surface area contributed by atoms with E-state index in [2.05, 4.69) is 15.3 Å². The highest BCUT2D eigenvalue weighted by Gasteiger charge is 2.28. The molecule has 3 heterocycles. The van der Waals surface area contributed by atoms with Crippen LogP contribution in [0.5, 0.6) is 0 Å². The molecule has 0 aliphatic carbocycles. The van der Waals surface area contributed by atoms with E-state index in [0.717, 1.165) is 30.7 Å². The van der Waals surface area contributed by atoms with Crippen LogP contribution in [0.25, 0.3) is 0 Å². The fourth-order valence-electron chi connectivity index (χ4n) is 3.36. The number of carbonyl (C=O) groups excluding carboxylic acids is 1. The van der Waals surface area contributed by atoms with Crippen molar-refractivity contribution in [1.29, 1.82) is 0 Å². The fourth-order valence-corrected chi connectivity index (χ4v) is 3.36. The second kappa shape index (κ2) is 7.25. The van der Waals surface area contributed by atoms with E-state index >= 15 is 0 Å². The smallest absolute Gasteiger partial charge is 0.323 e. The largest absolute Gasteiger partial charge is 0.324 e. The Bertz CT molecular complexity index is 530. The maximum absolute atomic E-state index is 12.3. The van der Waals surface area contributed by atoms with Crippen LogP contribution in [0, 0.1) is 5.92 Å². The van der Waals surface area contributed by atoms with Crippen molar-refractivity contribution in [2.75, 3.05) is 38.0 Å². The minimum Gasteiger partial charge on any atom is -0.324 e. The normalized spacial score (nSPS) is 22.2. The van der Waals surface area contributed by atoms with Crippen molar-refractivity contribution in [3.05, 3.63) is 12.3 Å². The number of alkyl halides is 2. The van der Waals surface area contributed by atoms with Crippen LogP contribution in [0.3, 0.4) is 0 Å². The standard InChI is InChI=1S/C15H23F2N5O/c16-13(17)11-22-8-4-14(19-22)18-15(23)21-7-3-12(10-21)9-20-5-1-2-6-20/h4,8,12-13H,1-3,5-7,9-11H2,(H,18,19,23)/t12-/m1/s1. The van der Waals surface area contributed by atoms with Gasteiger partial charge in [-0.3, -0.25) is 10.00 Å².